The van der Waals surface area contributed by atoms with Crippen molar-refractivity contribution in [3.05, 3.63) is 51.9 Å². The number of aromatic nitrogens is 2. The molecule has 0 aliphatic carbocycles. The molecule has 1 atom stereocenters. The smallest absolute Gasteiger partial charge is 0.252 e. The lowest BCUT2D eigenvalue weighted by atomic mass is 9.90. The van der Waals surface area contributed by atoms with Gasteiger partial charge in [0.05, 0.1) is 31.4 Å². The van der Waals surface area contributed by atoms with Crippen molar-refractivity contribution in [3.63, 3.8) is 0 Å². The molecule has 1 saturated heterocycles. The van der Waals surface area contributed by atoms with E-state index in [4.69, 9.17) is 4.74 Å². The number of H-pyrrole nitrogens is 1. The standard InChI is InChI=1S/C19H21N5O4/c25-16-9-12(21-19(23-16)24-5-7-28-8-6-24)11-20-18(27)14-10-17(26)22-15-4-2-1-3-13(14)15/h1-4,9,14H,5-8,10-11H2,(H,20,27)(H,22,26)(H,21,23,25)/t14-/m1/s1. The summed E-state index contributed by atoms with van der Waals surface area (Å²) >= 11 is 0. The number of amides is 2. The van der Waals surface area contributed by atoms with Gasteiger partial charge in [-0.25, -0.2) is 4.98 Å². The highest BCUT2D eigenvalue weighted by atomic mass is 16.5. The third kappa shape index (κ3) is 3.89. The average molecular weight is 383 g/mol. The van der Waals surface area contributed by atoms with Crippen molar-refractivity contribution in [2.24, 2.45) is 0 Å². The molecule has 1 aromatic heterocycles. The lowest BCUT2D eigenvalue weighted by molar-refractivity contribution is -0.126. The van der Waals surface area contributed by atoms with Crippen LogP contribution < -0.4 is 21.1 Å². The molecule has 3 N–H and O–H groups in total. The van der Waals surface area contributed by atoms with Crippen molar-refractivity contribution in [2.75, 3.05) is 36.5 Å². The molecule has 146 valence electrons. The van der Waals surface area contributed by atoms with E-state index in [-0.39, 0.29) is 30.3 Å². The molecular weight excluding hydrogens is 362 g/mol. The molecule has 0 unspecified atom stereocenters. The SMILES string of the molecule is O=C1C[C@@H](C(=O)NCc2cc(=O)[nH]c(N3CCOCC3)n2)c2ccccc2N1. The zero-order chi connectivity index (χ0) is 19.5. The highest BCUT2D eigenvalue weighted by Gasteiger charge is 2.30. The molecule has 0 spiro atoms. The number of nitrogens with zero attached hydrogens (tertiary/aromatic N) is 2. The number of fused-ring (bicyclic) bond motifs is 1. The molecule has 3 heterocycles. The number of hydrogen-bond acceptors (Lipinski definition) is 6. The minimum absolute atomic E-state index is 0.0880. The summed E-state index contributed by atoms with van der Waals surface area (Å²) in [5.41, 5.74) is 1.63. The summed E-state index contributed by atoms with van der Waals surface area (Å²) in [6.07, 6.45) is 0.0880. The van der Waals surface area contributed by atoms with E-state index in [1.165, 1.54) is 6.07 Å². The fraction of sp³-hybridized carbons (Fsp3) is 0.368. The number of rotatable bonds is 4. The van der Waals surface area contributed by atoms with Crippen LogP contribution in [0.4, 0.5) is 11.6 Å². The van der Waals surface area contributed by atoms with Gasteiger partial charge < -0.3 is 20.3 Å². The summed E-state index contributed by atoms with van der Waals surface area (Å²) < 4.78 is 5.31. The van der Waals surface area contributed by atoms with Gasteiger partial charge >= 0.3 is 0 Å². The minimum Gasteiger partial charge on any atom is -0.378 e. The van der Waals surface area contributed by atoms with Gasteiger partial charge in [-0.15, -0.1) is 0 Å². The van der Waals surface area contributed by atoms with Gasteiger partial charge in [0.25, 0.3) is 5.56 Å². The van der Waals surface area contributed by atoms with Gasteiger partial charge in [0.1, 0.15) is 0 Å². The molecule has 0 saturated carbocycles. The molecule has 2 aliphatic heterocycles. The van der Waals surface area contributed by atoms with Crippen molar-refractivity contribution in [1.29, 1.82) is 0 Å². The molecule has 4 rings (SSSR count). The van der Waals surface area contributed by atoms with E-state index in [0.29, 0.717) is 43.6 Å². The Morgan fingerprint density at radius 3 is 2.86 bits per heavy atom. The Morgan fingerprint density at radius 2 is 2.04 bits per heavy atom. The molecule has 2 aromatic rings. The van der Waals surface area contributed by atoms with E-state index < -0.39 is 5.92 Å². The van der Waals surface area contributed by atoms with Gasteiger partial charge in [-0.2, -0.15) is 0 Å². The van der Waals surface area contributed by atoms with Gasteiger partial charge in [-0.1, -0.05) is 18.2 Å². The normalized spacial score (nSPS) is 18.9. The van der Waals surface area contributed by atoms with Gasteiger partial charge in [0, 0.05) is 31.3 Å². The molecule has 9 heteroatoms. The number of ether oxygens (including phenoxy) is 1. The van der Waals surface area contributed by atoms with Crippen molar-refractivity contribution < 1.29 is 14.3 Å². The van der Waals surface area contributed by atoms with E-state index in [1.54, 1.807) is 6.07 Å². The number of nitrogens with one attached hydrogen (secondary N) is 3. The monoisotopic (exact) mass is 383 g/mol. The zero-order valence-corrected chi connectivity index (χ0v) is 15.2. The first-order valence-electron chi connectivity index (χ1n) is 9.19. The van der Waals surface area contributed by atoms with Crippen LogP contribution in [0, 0.1) is 0 Å². The first kappa shape index (κ1) is 18.2. The molecule has 2 amide bonds. The maximum absolute atomic E-state index is 12.7. The third-order valence-electron chi connectivity index (χ3n) is 4.85. The number of carbonyl (C=O) groups excluding carboxylic acids is 2. The van der Waals surface area contributed by atoms with Crippen molar-refractivity contribution in [3.8, 4) is 0 Å². The molecule has 2 aliphatic rings. The number of benzene rings is 1. The Morgan fingerprint density at radius 1 is 1.25 bits per heavy atom. The molecular formula is C19H21N5O4. The molecule has 28 heavy (non-hydrogen) atoms. The van der Waals surface area contributed by atoms with E-state index >= 15 is 0 Å². The van der Waals surface area contributed by atoms with Crippen molar-refractivity contribution >= 4 is 23.5 Å². The predicted octanol–water partition coefficient (Wildman–Crippen LogP) is 0.349. The van der Waals surface area contributed by atoms with Gasteiger partial charge in [0.2, 0.25) is 17.8 Å². The van der Waals surface area contributed by atoms with Crippen LogP contribution in [0.5, 0.6) is 0 Å². The maximum Gasteiger partial charge on any atom is 0.252 e. The van der Waals surface area contributed by atoms with Gasteiger partial charge in [-0.05, 0) is 11.6 Å². The van der Waals surface area contributed by atoms with E-state index in [0.717, 1.165) is 5.56 Å². The van der Waals surface area contributed by atoms with E-state index in [9.17, 15) is 14.4 Å². The van der Waals surface area contributed by atoms with Gasteiger partial charge in [-0.3, -0.25) is 19.4 Å². The topological polar surface area (TPSA) is 116 Å². The number of para-hydroxylation sites is 1. The summed E-state index contributed by atoms with van der Waals surface area (Å²) in [6.45, 7) is 2.56. The Labute approximate surface area is 161 Å². The summed E-state index contributed by atoms with van der Waals surface area (Å²) in [4.78, 5) is 45.7. The van der Waals surface area contributed by atoms with Crippen LogP contribution >= 0.6 is 0 Å². The van der Waals surface area contributed by atoms with Crippen LogP contribution in [0.2, 0.25) is 0 Å². The first-order valence-corrected chi connectivity index (χ1v) is 9.19. The molecule has 0 radical (unpaired) electrons. The predicted molar refractivity (Wildman–Crippen MR) is 102 cm³/mol. The summed E-state index contributed by atoms with van der Waals surface area (Å²) in [6, 6.07) is 8.63. The number of hydrogen-bond donors (Lipinski definition) is 3. The molecule has 1 fully saturated rings. The largest absolute Gasteiger partial charge is 0.378 e. The lowest BCUT2D eigenvalue weighted by Crippen LogP contribution is -2.39. The van der Waals surface area contributed by atoms with Crippen LogP contribution in [0.1, 0.15) is 23.6 Å². The molecule has 1 aromatic carbocycles. The second-order valence-corrected chi connectivity index (χ2v) is 6.77. The number of aromatic amines is 1. The Balaban J connectivity index is 1.47. The zero-order valence-electron chi connectivity index (χ0n) is 15.2. The quantitative estimate of drug-likeness (QED) is 0.702. The van der Waals surface area contributed by atoms with Crippen LogP contribution in [0.25, 0.3) is 0 Å². The average Bonchev–Trinajstić information content (AvgIpc) is 2.71. The summed E-state index contributed by atoms with van der Waals surface area (Å²) in [5, 5.41) is 5.59. The second kappa shape index (κ2) is 7.81. The first-order chi connectivity index (χ1) is 13.6. The Kier molecular flexibility index (Phi) is 5.07. The molecule has 0 bridgehead atoms. The maximum atomic E-state index is 12.7. The van der Waals surface area contributed by atoms with Crippen LogP contribution in [0.15, 0.2) is 35.1 Å². The van der Waals surface area contributed by atoms with Crippen LogP contribution in [0.3, 0.4) is 0 Å². The number of carbonyl (C=O) groups is 2. The van der Waals surface area contributed by atoms with Crippen LogP contribution in [-0.2, 0) is 20.9 Å². The number of anilines is 2. The number of morpholine rings is 1. The van der Waals surface area contributed by atoms with Crippen LogP contribution in [-0.4, -0.2) is 48.1 Å². The highest BCUT2D eigenvalue weighted by Crippen LogP contribution is 2.32. The van der Waals surface area contributed by atoms with Crippen molar-refractivity contribution in [2.45, 2.75) is 18.9 Å². The Hall–Kier alpha value is -3.20. The second-order valence-electron chi connectivity index (χ2n) is 6.77. The molecule has 9 nitrogen and oxygen atoms in total. The third-order valence-corrected chi connectivity index (χ3v) is 4.85. The summed E-state index contributed by atoms with van der Waals surface area (Å²) in [7, 11) is 0. The minimum atomic E-state index is -0.564. The summed E-state index contributed by atoms with van der Waals surface area (Å²) in [5.74, 6) is -0.548. The van der Waals surface area contributed by atoms with E-state index in [1.807, 2.05) is 23.1 Å². The fourth-order valence-corrected chi connectivity index (χ4v) is 3.46. The van der Waals surface area contributed by atoms with E-state index in [2.05, 4.69) is 20.6 Å². The highest BCUT2D eigenvalue weighted by molar-refractivity contribution is 6.01. The Bertz CT molecular complexity index is 951. The van der Waals surface area contributed by atoms with Crippen molar-refractivity contribution in [1.82, 2.24) is 15.3 Å². The lowest BCUT2D eigenvalue weighted by Gasteiger charge is -2.27. The fourth-order valence-electron chi connectivity index (χ4n) is 3.46. The van der Waals surface area contributed by atoms with Gasteiger partial charge in [0.15, 0.2) is 0 Å².